The monoisotopic (exact) mass is 345 g/mol. The van der Waals surface area contributed by atoms with Gasteiger partial charge in [0.15, 0.2) is 11.5 Å². The fraction of sp³-hybridized carbons (Fsp3) is 0.571. The molecular weight excluding hydrogens is 326 g/mol. The Morgan fingerprint density at radius 2 is 2.21 bits per heavy atom. The Morgan fingerprint density at radius 3 is 2.74 bits per heavy atom. The maximum absolute atomic E-state index is 9.77. The van der Waals surface area contributed by atoms with Gasteiger partial charge in [0, 0.05) is 17.8 Å². The SMILES string of the molecule is COc1cc(CNCC2(SC)CCC2)cc(Br)c1O. The van der Waals surface area contributed by atoms with Gasteiger partial charge in [-0.15, -0.1) is 0 Å². The summed E-state index contributed by atoms with van der Waals surface area (Å²) in [5.74, 6) is 0.667. The zero-order valence-corrected chi connectivity index (χ0v) is 13.7. The molecule has 1 aliphatic carbocycles. The highest BCUT2D eigenvalue weighted by Crippen LogP contribution is 2.42. The van der Waals surface area contributed by atoms with Crippen molar-refractivity contribution in [2.45, 2.75) is 30.6 Å². The molecule has 1 saturated carbocycles. The molecule has 19 heavy (non-hydrogen) atoms. The highest BCUT2D eigenvalue weighted by Gasteiger charge is 2.35. The largest absolute Gasteiger partial charge is 0.503 e. The minimum atomic E-state index is 0.158. The van der Waals surface area contributed by atoms with Crippen molar-refractivity contribution < 1.29 is 9.84 Å². The number of phenolic OH excluding ortho intramolecular Hbond substituents is 1. The molecule has 3 nitrogen and oxygen atoms in total. The van der Waals surface area contributed by atoms with Gasteiger partial charge in [0.05, 0.1) is 11.6 Å². The fourth-order valence-electron chi connectivity index (χ4n) is 2.34. The number of nitrogens with one attached hydrogen (secondary N) is 1. The van der Waals surface area contributed by atoms with Crippen LogP contribution in [-0.4, -0.2) is 29.8 Å². The molecule has 0 aliphatic heterocycles. The summed E-state index contributed by atoms with van der Waals surface area (Å²) >= 11 is 5.32. The summed E-state index contributed by atoms with van der Waals surface area (Å²) < 4.78 is 6.27. The average molecular weight is 346 g/mol. The first-order chi connectivity index (χ1) is 9.10. The van der Waals surface area contributed by atoms with Crippen LogP contribution in [0, 0.1) is 0 Å². The van der Waals surface area contributed by atoms with E-state index in [0.29, 0.717) is 15.0 Å². The van der Waals surface area contributed by atoms with Crippen molar-refractivity contribution >= 4 is 27.7 Å². The smallest absolute Gasteiger partial charge is 0.172 e. The van der Waals surface area contributed by atoms with Gasteiger partial charge < -0.3 is 15.2 Å². The van der Waals surface area contributed by atoms with Crippen molar-refractivity contribution in [3.63, 3.8) is 0 Å². The van der Waals surface area contributed by atoms with Crippen LogP contribution in [-0.2, 0) is 6.54 Å². The van der Waals surface area contributed by atoms with Crippen LogP contribution >= 0.6 is 27.7 Å². The van der Waals surface area contributed by atoms with Gasteiger partial charge >= 0.3 is 0 Å². The number of ether oxygens (including phenoxy) is 1. The van der Waals surface area contributed by atoms with E-state index < -0.39 is 0 Å². The Morgan fingerprint density at radius 1 is 1.47 bits per heavy atom. The topological polar surface area (TPSA) is 41.5 Å². The second kappa shape index (κ2) is 6.37. The molecule has 0 radical (unpaired) electrons. The molecule has 5 heteroatoms. The predicted octanol–water partition coefficient (Wildman–Crippen LogP) is 3.54. The third-order valence-corrected chi connectivity index (χ3v) is 5.81. The second-order valence-corrected chi connectivity index (χ2v) is 7.10. The molecule has 1 aromatic rings. The maximum Gasteiger partial charge on any atom is 0.172 e. The second-order valence-electron chi connectivity index (χ2n) is 4.97. The Kier molecular flexibility index (Phi) is 5.03. The van der Waals surface area contributed by atoms with E-state index in [4.69, 9.17) is 4.74 Å². The average Bonchev–Trinajstić information content (AvgIpc) is 2.36. The highest BCUT2D eigenvalue weighted by molar-refractivity contribution is 9.10. The Labute approximate surface area is 127 Å². The Hall–Kier alpha value is -0.390. The molecule has 106 valence electrons. The molecule has 0 unspecified atom stereocenters. The van der Waals surface area contributed by atoms with Gasteiger partial charge in [-0.3, -0.25) is 0 Å². The molecule has 0 bridgehead atoms. The summed E-state index contributed by atoms with van der Waals surface area (Å²) in [6.07, 6.45) is 6.16. The number of benzene rings is 1. The van der Waals surface area contributed by atoms with E-state index in [-0.39, 0.29) is 5.75 Å². The molecule has 1 aliphatic rings. The first-order valence-corrected chi connectivity index (χ1v) is 8.43. The Balaban J connectivity index is 1.94. The number of methoxy groups -OCH3 is 1. The molecule has 0 saturated heterocycles. The Bertz CT molecular complexity index is 444. The van der Waals surface area contributed by atoms with Crippen LogP contribution in [0.5, 0.6) is 11.5 Å². The minimum Gasteiger partial charge on any atom is -0.503 e. The molecule has 1 fully saturated rings. The third kappa shape index (κ3) is 3.38. The van der Waals surface area contributed by atoms with E-state index in [1.807, 2.05) is 23.9 Å². The van der Waals surface area contributed by atoms with Crippen LogP contribution in [0.15, 0.2) is 16.6 Å². The van der Waals surface area contributed by atoms with Crippen LogP contribution in [0.2, 0.25) is 0 Å². The molecule has 0 heterocycles. The highest BCUT2D eigenvalue weighted by atomic mass is 79.9. The normalized spacial score (nSPS) is 17.0. The van der Waals surface area contributed by atoms with Crippen LogP contribution in [0.1, 0.15) is 24.8 Å². The number of aromatic hydroxyl groups is 1. The zero-order chi connectivity index (χ0) is 13.9. The minimum absolute atomic E-state index is 0.158. The molecule has 2 rings (SSSR count). The van der Waals surface area contributed by atoms with Crippen LogP contribution in [0.25, 0.3) is 0 Å². The maximum atomic E-state index is 9.77. The van der Waals surface area contributed by atoms with E-state index in [0.717, 1.165) is 18.7 Å². The number of hydrogen-bond donors (Lipinski definition) is 2. The number of halogens is 1. The van der Waals surface area contributed by atoms with Gasteiger partial charge in [0.1, 0.15) is 0 Å². The van der Waals surface area contributed by atoms with Gasteiger partial charge in [-0.25, -0.2) is 0 Å². The molecule has 0 spiro atoms. The van der Waals surface area contributed by atoms with E-state index >= 15 is 0 Å². The first kappa shape index (κ1) is 15.0. The standard InChI is InChI=1S/C14H20BrNO2S/c1-18-12-7-10(6-11(15)13(12)17)8-16-9-14(19-2)4-3-5-14/h6-7,16-17H,3-5,8-9H2,1-2H3. The summed E-state index contributed by atoms with van der Waals surface area (Å²) in [4.78, 5) is 0. The lowest BCUT2D eigenvalue weighted by molar-refractivity contribution is 0.345. The van der Waals surface area contributed by atoms with Gasteiger partial charge in [-0.2, -0.15) is 11.8 Å². The van der Waals surface area contributed by atoms with Crippen LogP contribution < -0.4 is 10.1 Å². The van der Waals surface area contributed by atoms with E-state index in [1.165, 1.54) is 19.3 Å². The number of rotatable bonds is 6. The summed E-state index contributed by atoms with van der Waals surface area (Å²) in [6, 6.07) is 3.80. The number of phenols is 1. The van der Waals surface area contributed by atoms with Crippen LogP contribution in [0.3, 0.4) is 0 Å². The molecule has 0 aromatic heterocycles. The predicted molar refractivity (Wildman–Crippen MR) is 84.2 cm³/mol. The summed E-state index contributed by atoms with van der Waals surface area (Å²) in [5, 5.41) is 13.3. The molecule has 0 atom stereocenters. The first-order valence-electron chi connectivity index (χ1n) is 6.41. The van der Waals surface area contributed by atoms with E-state index in [2.05, 4.69) is 27.5 Å². The quantitative estimate of drug-likeness (QED) is 0.827. The zero-order valence-electron chi connectivity index (χ0n) is 11.3. The van der Waals surface area contributed by atoms with Crippen molar-refractivity contribution in [3.05, 3.63) is 22.2 Å². The van der Waals surface area contributed by atoms with E-state index in [9.17, 15) is 5.11 Å². The molecule has 1 aromatic carbocycles. The summed E-state index contributed by atoms with van der Waals surface area (Å²) in [5.41, 5.74) is 1.11. The fourth-order valence-corrected chi connectivity index (χ4v) is 3.78. The lowest BCUT2D eigenvalue weighted by atomic mass is 9.84. The van der Waals surface area contributed by atoms with Crippen molar-refractivity contribution in [1.29, 1.82) is 0 Å². The summed E-state index contributed by atoms with van der Waals surface area (Å²) in [7, 11) is 1.57. The van der Waals surface area contributed by atoms with Gasteiger partial charge in [0.25, 0.3) is 0 Å². The van der Waals surface area contributed by atoms with Crippen molar-refractivity contribution in [1.82, 2.24) is 5.32 Å². The lowest BCUT2D eigenvalue weighted by Gasteiger charge is -2.40. The van der Waals surface area contributed by atoms with Gasteiger partial charge in [0.2, 0.25) is 0 Å². The number of hydrogen-bond acceptors (Lipinski definition) is 4. The van der Waals surface area contributed by atoms with E-state index in [1.54, 1.807) is 7.11 Å². The number of thioether (sulfide) groups is 1. The third-order valence-electron chi connectivity index (χ3n) is 3.78. The van der Waals surface area contributed by atoms with Crippen molar-refractivity contribution in [2.24, 2.45) is 0 Å². The lowest BCUT2D eigenvalue weighted by Crippen LogP contribution is -2.43. The molecule has 2 N–H and O–H groups in total. The summed E-state index contributed by atoms with van der Waals surface area (Å²) in [6.45, 7) is 1.83. The van der Waals surface area contributed by atoms with Gasteiger partial charge in [-0.05, 0) is 52.7 Å². The van der Waals surface area contributed by atoms with Crippen LogP contribution in [0.4, 0.5) is 0 Å². The molecular formula is C14H20BrNO2S. The van der Waals surface area contributed by atoms with Crippen molar-refractivity contribution in [2.75, 3.05) is 19.9 Å². The molecule has 0 amide bonds. The van der Waals surface area contributed by atoms with Gasteiger partial charge in [-0.1, -0.05) is 6.42 Å². The van der Waals surface area contributed by atoms with Crippen molar-refractivity contribution in [3.8, 4) is 11.5 Å².